The number of amides is 1. The largest absolute Gasteiger partial charge is 0.337 e. The Morgan fingerprint density at radius 1 is 1.29 bits per heavy atom. The lowest BCUT2D eigenvalue weighted by Crippen LogP contribution is -2.52. The normalized spacial score (nSPS) is 22.5. The molecule has 0 bridgehead atoms. The molecule has 112 valence electrons. The van der Waals surface area contributed by atoms with Crippen LogP contribution in [0, 0.1) is 0 Å². The third-order valence-corrected chi connectivity index (χ3v) is 4.73. The summed E-state index contributed by atoms with van der Waals surface area (Å²) in [6.45, 7) is 2.55. The van der Waals surface area contributed by atoms with Crippen LogP contribution in [0.25, 0.3) is 0 Å². The summed E-state index contributed by atoms with van der Waals surface area (Å²) >= 11 is 11.9. The Kier molecular flexibility index (Phi) is 4.20. The monoisotopic (exact) mass is 326 g/mol. The maximum absolute atomic E-state index is 12.4. The number of rotatable bonds is 3. The molecule has 0 spiro atoms. The topological polar surface area (TPSA) is 40.6 Å². The van der Waals surface area contributed by atoms with Crippen molar-refractivity contribution in [1.82, 2.24) is 9.80 Å². The van der Waals surface area contributed by atoms with Gasteiger partial charge in [0.25, 0.3) is 0 Å². The molecule has 0 aromatic heterocycles. The molecule has 21 heavy (non-hydrogen) atoms. The Bertz CT molecular complexity index is 591. The molecule has 2 saturated heterocycles. The van der Waals surface area contributed by atoms with E-state index in [1.165, 1.54) is 0 Å². The molecule has 2 fully saturated rings. The quantitative estimate of drug-likeness (QED) is 0.801. The molecule has 4 nitrogen and oxygen atoms in total. The van der Waals surface area contributed by atoms with Crippen molar-refractivity contribution in [3.8, 4) is 0 Å². The van der Waals surface area contributed by atoms with Crippen LogP contribution in [-0.2, 0) is 4.79 Å². The smallest absolute Gasteiger partial charge is 0.222 e. The van der Waals surface area contributed by atoms with Crippen molar-refractivity contribution in [2.75, 3.05) is 26.2 Å². The average molecular weight is 327 g/mol. The van der Waals surface area contributed by atoms with Crippen molar-refractivity contribution in [3.05, 3.63) is 33.8 Å². The first-order valence-electron chi connectivity index (χ1n) is 7.04. The van der Waals surface area contributed by atoms with Gasteiger partial charge >= 0.3 is 0 Å². The Balaban J connectivity index is 1.64. The van der Waals surface area contributed by atoms with Gasteiger partial charge in [-0.2, -0.15) is 0 Å². The van der Waals surface area contributed by atoms with Crippen LogP contribution in [0.15, 0.2) is 18.2 Å². The van der Waals surface area contributed by atoms with Gasteiger partial charge in [0.05, 0.1) is 11.6 Å². The zero-order chi connectivity index (χ0) is 15.0. The van der Waals surface area contributed by atoms with Crippen LogP contribution in [0.2, 0.25) is 10.0 Å². The lowest BCUT2D eigenvalue weighted by atomic mass is 10.1. The number of Topliss-reactive ketones (excluding diaryl/α,β-unsaturated/α-hetero) is 1. The van der Waals surface area contributed by atoms with E-state index >= 15 is 0 Å². The molecular weight excluding hydrogens is 311 g/mol. The van der Waals surface area contributed by atoms with E-state index in [0.29, 0.717) is 35.1 Å². The summed E-state index contributed by atoms with van der Waals surface area (Å²) in [5.41, 5.74) is 0.506. The molecule has 1 atom stereocenters. The van der Waals surface area contributed by atoms with Gasteiger partial charge in [0.15, 0.2) is 5.78 Å². The second kappa shape index (κ2) is 5.95. The van der Waals surface area contributed by atoms with E-state index in [4.69, 9.17) is 23.2 Å². The summed E-state index contributed by atoms with van der Waals surface area (Å²) in [6.07, 6.45) is 1.53. The van der Waals surface area contributed by atoms with Gasteiger partial charge < -0.3 is 4.90 Å². The van der Waals surface area contributed by atoms with Crippen molar-refractivity contribution in [2.24, 2.45) is 0 Å². The number of fused-ring (bicyclic) bond motifs is 1. The SMILES string of the molecule is O=C(CN1CCN2C(=O)CCC2C1)c1ccc(Cl)cc1Cl. The number of halogens is 2. The van der Waals surface area contributed by atoms with Crippen LogP contribution in [0.1, 0.15) is 23.2 Å². The Labute approximate surface area is 133 Å². The standard InChI is InChI=1S/C15H16Cl2N2O2/c16-10-1-3-12(13(17)7-10)14(20)9-18-5-6-19-11(8-18)2-4-15(19)21/h1,3,7,11H,2,4-6,8-9H2. The second-order valence-electron chi connectivity index (χ2n) is 5.56. The summed E-state index contributed by atoms with van der Waals surface area (Å²) < 4.78 is 0. The highest BCUT2D eigenvalue weighted by Gasteiger charge is 2.35. The lowest BCUT2D eigenvalue weighted by Gasteiger charge is -2.37. The molecule has 2 heterocycles. The van der Waals surface area contributed by atoms with E-state index < -0.39 is 0 Å². The molecule has 1 amide bonds. The molecule has 3 rings (SSSR count). The van der Waals surface area contributed by atoms with E-state index in [9.17, 15) is 9.59 Å². The first kappa shape index (κ1) is 14.8. The van der Waals surface area contributed by atoms with E-state index in [0.717, 1.165) is 19.5 Å². The second-order valence-corrected chi connectivity index (χ2v) is 6.41. The van der Waals surface area contributed by atoms with Gasteiger partial charge in [-0.05, 0) is 24.6 Å². The number of carbonyl (C=O) groups is 2. The van der Waals surface area contributed by atoms with Gasteiger partial charge in [-0.25, -0.2) is 0 Å². The molecule has 2 aliphatic rings. The van der Waals surface area contributed by atoms with Crippen molar-refractivity contribution >= 4 is 34.9 Å². The summed E-state index contributed by atoms with van der Waals surface area (Å²) in [5.74, 6) is 0.237. The molecule has 0 radical (unpaired) electrons. The van der Waals surface area contributed by atoms with Crippen LogP contribution >= 0.6 is 23.2 Å². The number of carbonyl (C=O) groups excluding carboxylic acids is 2. The third kappa shape index (κ3) is 3.07. The van der Waals surface area contributed by atoms with Gasteiger partial charge in [0.2, 0.25) is 5.91 Å². The molecule has 0 aliphatic carbocycles. The van der Waals surface area contributed by atoms with Crippen LogP contribution < -0.4 is 0 Å². The molecule has 0 saturated carbocycles. The Morgan fingerprint density at radius 2 is 2.10 bits per heavy atom. The van der Waals surface area contributed by atoms with Crippen molar-refractivity contribution in [3.63, 3.8) is 0 Å². The van der Waals surface area contributed by atoms with Gasteiger partial charge in [0.1, 0.15) is 0 Å². The van der Waals surface area contributed by atoms with Gasteiger partial charge in [-0.1, -0.05) is 23.2 Å². The molecule has 0 N–H and O–H groups in total. The van der Waals surface area contributed by atoms with Gasteiger partial charge in [0, 0.05) is 42.7 Å². The summed E-state index contributed by atoms with van der Waals surface area (Å²) in [7, 11) is 0. The number of benzene rings is 1. The minimum Gasteiger partial charge on any atom is -0.337 e. The number of nitrogens with zero attached hydrogens (tertiary/aromatic N) is 2. The van der Waals surface area contributed by atoms with Gasteiger partial charge in [-0.3, -0.25) is 14.5 Å². The summed E-state index contributed by atoms with van der Waals surface area (Å²) in [4.78, 5) is 28.0. The van der Waals surface area contributed by atoms with Crippen LogP contribution in [-0.4, -0.2) is 53.7 Å². The van der Waals surface area contributed by atoms with Crippen molar-refractivity contribution in [2.45, 2.75) is 18.9 Å². The van der Waals surface area contributed by atoms with E-state index in [1.807, 2.05) is 4.90 Å². The van der Waals surface area contributed by atoms with Crippen LogP contribution in [0.4, 0.5) is 0 Å². The number of hydrogen-bond donors (Lipinski definition) is 0. The number of ketones is 1. The summed E-state index contributed by atoms with van der Waals surface area (Å²) in [5, 5.41) is 0.914. The highest BCUT2D eigenvalue weighted by molar-refractivity contribution is 6.36. The molecule has 1 aromatic rings. The molecule has 2 aliphatic heterocycles. The van der Waals surface area contributed by atoms with E-state index in [1.54, 1.807) is 18.2 Å². The van der Waals surface area contributed by atoms with E-state index in [-0.39, 0.29) is 17.7 Å². The minimum absolute atomic E-state index is 0.00515. The predicted molar refractivity (Wildman–Crippen MR) is 82.0 cm³/mol. The van der Waals surface area contributed by atoms with Crippen LogP contribution in [0.3, 0.4) is 0 Å². The van der Waals surface area contributed by atoms with Crippen molar-refractivity contribution in [1.29, 1.82) is 0 Å². The van der Waals surface area contributed by atoms with Crippen molar-refractivity contribution < 1.29 is 9.59 Å². The van der Waals surface area contributed by atoms with E-state index in [2.05, 4.69) is 4.90 Å². The minimum atomic E-state index is -0.00515. The third-order valence-electron chi connectivity index (χ3n) is 4.18. The fraction of sp³-hybridized carbons (Fsp3) is 0.467. The Morgan fingerprint density at radius 3 is 2.86 bits per heavy atom. The first-order chi connectivity index (χ1) is 10.0. The highest BCUT2D eigenvalue weighted by Crippen LogP contribution is 2.24. The fourth-order valence-electron chi connectivity index (χ4n) is 3.08. The summed E-state index contributed by atoms with van der Waals surface area (Å²) in [6, 6.07) is 5.19. The first-order valence-corrected chi connectivity index (χ1v) is 7.80. The van der Waals surface area contributed by atoms with Gasteiger partial charge in [-0.15, -0.1) is 0 Å². The molecule has 6 heteroatoms. The Hall–Kier alpha value is -1.10. The van der Waals surface area contributed by atoms with Crippen LogP contribution in [0.5, 0.6) is 0 Å². The highest BCUT2D eigenvalue weighted by atomic mass is 35.5. The number of piperazine rings is 1. The maximum Gasteiger partial charge on any atom is 0.222 e. The average Bonchev–Trinajstić information content (AvgIpc) is 2.80. The fourth-order valence-corrected chi connectivity index (χ4v) is 3.59. The zero-order valence-electron chi connectivity index (χ0n) is 11.5. The molecule has 1 unspecified atom stereocenters. The number of hydrogen-bond acceptors (Lipinski definition) is 3. The molecule has 1 aromatic carbocycles. The predicted octanol–water partition coefficient (Wildman–Crippen LogP) is 2.48. The molecular formula is C15H16Cl2N2O2. The zero-order valence-corrected chi connectivity index (χ0v) is 13.0. The maximum atomic E-state index is 12.4. The lowest BCUT2D eigenvalue weighted by molar-refractivity contribution is -0.130.